The second-order valence-electron chi connectivity index (χ2n) is 6.40. The molecule has 27 heavy (non-hydrogen) atoms. The van der Waals surface area contributed by atoms with Gasteiger partial charge in [-0.25, -0.2) is 14.4 Å². The predicted octanol–water partition coefficient (Wildman–Crippen LogP) is 2.95. The standard InChI is InChI=1S/C20H21FN6/c21-17-5-1-2-6-18(17)26-8-10-27(11-9-26)20-12-19(24-15-25-20)23-14-16-4-3-7-22-13-16/h1-7,12-13,15H,8-11,14H2,(H,23,24,25). The van der Waals surface area contributed by atoms with Crippen molar-refractivity contribution in [1.29, 1.82) is 0 Å². The van der Waals surface area contributed by atoms with Gasteiger partial charge in [-0.2, -0.15) is 0 Å². The molecular formula is C20H21FN6. The summed E-state index contributed by atoms with van der Waals surface area (Å²) in [7, 11) is 0. The molecule has 6 nitrogen and oxygen atoms in total. The molecule has 0 atom stereocenters. The van der Waals surface area contributed by atoms with Crippen LogP contribution in [0.3, 0.4) is 0 Å². The lowest BCUT2D eigenvalue weighted by Gasteiger charge is -2.36. The van der Waals surface area contributed by atoms with E-state index in [1.807, 2.05) is 36.5 Å². The van der Waals surface area contributed by atoms with E-state index in [2.05, 4.69) is 30.1 Å². The molecule has 1 fully saturated rings. The Morgan fingerprint density at radius 1 is 0.963 bits per heavy atom. The number of anilines is 3. The Morgan fingerprint density at radius 3 is 2.56 bits per heavy atom. The van der Waals surface area contributed by atoms with E-state index in [9.17, 15) is 4.39 Å². The van der Waals surface area contributed by atoms with E-state index in [1.54, 1.807) is 18.6 Å². The van der Waals surface area contributed by atoms with Gasteiger partial charge in [-0.1, -0.05) is 18.2 Å². The lowest BCUT2D eigenvalue weighted by atomic mass is 10.2. The first kappa shape index (κ1) is 17.2. The maximum atomic E-state index is 14.0. The summed E-state index contributed by atoms with van der Waals surface area (Å²) in [6, 6.07) is 12.8. The molecule has 0 radical (unpaired) electrons. The maximum Gasteiger partial charge on any atom is 0.146 e. The summed E-state index contributed by atoms with van der Waals surface area (Å²) in [5.74, 6) is 1.49. The molecule has 0 unspecified atom stereocenters. The molecule has 3 aromatic rings. The van der Waals surface area contributed by atoms with E-state index in [0.29, 0.717) is 12.2 Å². The molecule has 0 aliphatic carbocycles. The Balaban J connectivity index is 1.38. The topological polar surface area (TPSA) is 57.2 Å². The van der Waals surface area contributed by atoms with Crippen molar-refractivity contribution in [3.8, 4) is 0 Å². The zero-order valence-electron chi connectivity index (χ0n) is 14.9. The molecular weight excluding hydrogens is 343 g/mol. The van der Waals surface area contributed by atoms with Crippen LogP contribution in [0.5, 0.6) is 0 Å². The van der Waals surface area contributed by atoms with E-state index in [0.717, 1.165) is 43.4 Å². The molecule has 138 valence electrons. The number of piperazine rings is 1. The summed E-state index contributed by atoms with van der Waals surface area (Å²) in [6.07, 6.45) is 5.16. The zero-order chi connectivity index (χ0) is 18.5. The Bertz CT molecular complexity index is 880. The molecule has 0 saturated carbocycles. The van der Waals surface area contributed by atoms with E-state index < -0.39 is 0 Å². The van der Waals surface area contributed by atoms with Crippen molar-refractivity contribution < 1.29 is 4.39 Å². The molecule has 7 heteroatoms. The van der Waals surface area contributed by atoms with Crippen molar-refractivity contribution in [2.75, 3.05) is 41.3 Å². The van der Waals surface area contributed by atoms with Crippen LogP contribution in [-0.4, -0.2) is 41.1 Å². The molecule has 2 aromatic heterocycles. The van der Waals surface area contributed by atoms with Crippen LogP contribution in [-0.2, 0) is 6.54 Å². The predicted molar refractivity (Wildman–Crippen MR) is 104 cm³/mol. The lowest BCUT2D eigenvalue weighted by Crippen LogP contribution is -2.47. The summed E-state index contributed by atoms with van der Waals surface area (Å²) < 4.78 is 14.0. The summed E-state index contributed by atoms with van der Waals surface area (Å²) in [5.41, 5.74) is 1.76. The highest BCUT2D eigenvalue weighted by molar-refractivity contribution is 5.52. The minimum atomic E-state index is -0.171. The van der Waals surface area contributed by atoms with Crippen molar-refractivity contribution in [2.45, 2.75) is 6.54 Å². The van der Waals surface area contributed by atoms with Gasteiger partial charge >= 0.3 is 0 Å². The first-order valence-corrected chi connectivity index (χ1v) is 8.99. The summed E-state index contributed by atoms with van der Waals surface area (Å²) in [6.45, 7) is 3.74. The first-order valence-electron chi connectivity index (χ1n) is 8.99. The third kappa shape index (κ3) is 4.13. The zero-order valence-corrected chi connectivity index (χ0v) is 14.9. The summed E-state index contributed by atoms with van der Waals surface area (Å²) in [5, 5.41) is 3.30. The van der Waals surface area contributed by atoms with Crippen LogP contribution >= 0.6 is 0 Å². The Kier molecular flexibility index (Phi) is 5.09. The quantitative estimate of drug-likeness (QED) is 0.751. The normalized spacial score (nSPS) is 14.3. The highest BCUT2D eigenvalue weighted by Gasteiger charge is 2.20. The van der Waals surface area contributed by atoms with Crippen molar-refractivity contribution in [1.82, 2.24) is 15.0 Å². The second kappa shape index (κ2) is 7.99. The van der Waals surface area contributed by atoms with Crippen LogP contribution < -0.4 is 15.1 Å². The number of nitrogens with zero attached hydrogens (tertiary/aromatic N) is 5. The average molecular weight is 364 g/mol. The third-order valence-corrected chi connectivity index (χ3v) is 4.65. The largest absolute Gasteiger partial charge is 0.366 e. The van der Waals surface area contributed by atoms with Crippen molar-refractivity contribution in [3.63, 3.8) is 0 Å². The van der Waals surface area contributed by atoms with Gasteiger partial charge in [-0.3, -0.25) is 4.98 Å². The van der Waals surface area contributed by atoms with Crippen LogP contribution in [0.1, 0.15) is 5.56 Å². The van der Waals surface area contributed by atoms with Gasteiger partial charge in [0.2, 0.25) is 0 Å². The number of benzene rings is 1. The van der Waals surface area contributed by atoms with Crippen LogP contribution in [0.25, 0.3) is 0 Å². The third-order valence-electron chi connectivity index (χ3n) is 4.65. The van der Waals surface area contributed by atoms with Crippen LogP contribution in [0.2, 0.25) is 0 Å². The fraction of sp³-hybridized carbons (Fsp3) is 0.250. The minimum Gasteiger partial charge on any atom is -0.366 e. The summed E-state index contributed by atoms with van der Waals surface area (Å²) in [4.78, 5) is 17.1. The number of hydrogen-bond donors (Lipinski definition) is 1. The SMILES string of the molecule is Fc1ccccc1N1CCN(c2cc(NCc3cccnc3)ncn2)CC1. The monoisotopic (exact) mass is 364 g/mol. The van der Waals surface area contributed by atoms with Gasteiger partial charge in [0.05, 0.1) is 5.69 Å². The Hall–Kier alpha value is -3.22. The number of pyridine rings is 1. The molecule has 0 bridgehead atoms. The number of nitrogens with one attached hydrogen (secondary N) is 1. The molecule has 1 aliphatic heterocycles. The number of aromatic nitrogens is 3. The van der Waals surface area contributed by atoms with Crippen LogP contribution in [0.4, 0.5) is 21.7 Å². The van der Waals surface area contributed by atoms with E-state index >= 15 is 0 Å². The minimum absolute atomic E-state index is 0.171. The smallest absolute Gasteiger partial charge is 0.146 e. The lowest BCUT2D eigenvalue weighted by molar-refractivity contribution is 0.596. The molecule has 1 N–H and O–H groups in total. The van der Waals surface area contributed by atoms with Gasteiger partial charge in [0.1, 0.15) is 23.8 Å². The number of halogens is 1. The molecule has 0 amide bonds. The van der Waals surface area contributed by atoms with E-state index in [1.165, 1.54) is 6.07 Å². The molecule has 1 aliphatic rings. The Morgan fingerprint density at radius 2 is 1.78 bits per heavy atom. The first-order chi connectivity index (χ1) is 13.3. The fourth-order valence-corrected chi connectivity index (χ4v) is 3.20. The molecule has 1 aromatic carbocycles. The van der Waals surface area contributed by atoms with Crippen molar-refractivity contribution in [3.05, 3.63) is 72.6 Å². The van der Waals surface area contributed by atoms with Crippen molar-refractivity contribution >= 4 is 17.3 Å². The molecule has 0 spiro atoms. The van der Waals surface area contributed by atoms with Gasteiger partial charge in [-0.05, 0) is 23.8 Å². The summed E-state index contributed by atoms with van der Waals surface area (Å²) >= 11 is 0. The van der Waals surface area contributed by atoms with E-state index in [4.69, 9.17) is 0 Å². The second-order valence-corrected chi connectivity index (χ2v) is 6.40. The Labute approximate surface area is 157 Å². The average Bonchev–Trinajstić information content (AvgIpc) is 2.74. The maximum absolute atomic E-state index is 14.0. The van der Waals surface area contributed by atoms with Crippen molar-refractivity contribution in [2.24, 2.45) is 0 Å². The highest BCUT2D eigenvalue weighted by Crippen LogP contribution is 2.22. The molecule has 1 saturated heterocycles. The molecule has 4 rings (SSSR count). The van der Waals surface area contributed by atoms with Crippen LogP contribution in [0, 0.1) is 5.82 Å². The fourth-order valence-electron chi connectivity index (χ4n) is 3.20. The molecule has 3 heterocycles. The number of hydrogen-bond acceptors (Lipinski definition) is 6. The number of rotatable bonds is 5. The van der Waals surface area contributed by atoms with Gasteiger partial charge in [-0.15, -0.1) is 0 Å². The van der Waals surface area contributed by atoms with E-state index in [-0.39, 0.29) is 5.82 Å². The number of para-hydroxylation sites is 1. The van der Waals surface area contributed by atoms with Gasteiger partial charge < -0.3 is 15.1 Å². The highest BCUT2D eigenvalue weighted by atomic mass is 19.1. The van der Waals surface area contributed by atoms with Crippen LogP contribution in [0.15, 0.2) is 61.2 Å². The van der Waals surface area contributed by atoms with Gasteiger partial charge in [0, 0.05) is 51.2 Å². The van der Waals surface area contributed by atoms with Gasteiger partial charge in [0.15, 0.2) is 0 Å². The van der Waals surface area contributed by atoms with Gasteiger partial charge in [0.25, 0.3) is 0 Å².